The molecule has 1 unspecified atom stereocenters. The molecule has 1 aliphatic rings. The number of nitrogens with one attached hydrogen (secondary N) is 1. The molecule has 12 heteroatoms. The Balaban J connectivity index is 0.000000406. The summed E-state index contributed by atoms with van der Waals surface area (Å²) in [7, 11) is 0. The highest BCUT2D eigenvalue weighted by molar-refractivity contribution is 5.85. The third-order valence-corrected chi connectivity index (χ3v) is 5.44. The minimum Gasteiger partial charge on any atom is -0.476 e. The van der Waals surface area contributed by atoms with E-state index in [4.69, 9.17) is 9.90 Å². The van der Waals surface area contributed by atoms with Crippen LogP contribution in [0.15, 0.2) is 36.8 Å². The molecular weight excluding hydrogens is 455 g/mol. The van der Waals surface area contributed by atoms with E-state index in [1.807, 2.05) is 17.7 Å². The minimum atomic E-state index is -5.08. The van der Waals surface area contributed by atoms with Gasteiger partial charge in [-0.1, -0.05) is 6.07 Å². The second-order valence-corrected chi connectivity index (χ2v) is 7.82. The van der Waals surface area contributed by atoms with Crippen LogP contribution >= 0.6 is 0 Å². The molecule has 0 radical (unpaired) electrons. The highest BCUT2D eigenvalue weighted by atomic mass is 19.4. The van der Waals surface area contributed by atoms with Gasteiger partial charge in [-0.2, -0.15) is 13.2 Å². The Morgan fingerprint density at radius 1 is 1.24 bits per heavy atom. The molecule has 0 saturated heterocycles. The molecule has 3 heterocycles. The van der Waals surface area contributed by atoms with E-state index in [1.54, 1.807) is 12.4 Å². The third-order valence-electron chi connectivity index (χ3n) is 5.44. The largest absolute Gasteiger partial charge is 0.490 e. The fraction of sp³-hybridized carbons (Fsp3) is 0.364. The van der Waals surface area contributed by atoms with Crippen molar-refractivity contribution in [1.29, 1.82) is 0 Å². The van der Waals surface area contributed by atoms with E-state index in [0.717, 1.165) is 43.3 Å². The highest BCUT2D eigenvalue weighted by Gasteiger charge is 2.38. The van der Waals surface area contributed by atoms with Gasteiger partial charge in [0.1, 0.15) is 11.6 Å². The number of aliphatic carboxylic acids is 1. The van der Waals surface area contributed by atoms with E-state index in [-0.39, 0.29) is 11.7 Å². The van der Waals surface area contributed by atoms with Gasteiger partial charge in [-0.3, -0.25) is 0 Å². The number of benzene rings is 1. The number of aromatic carboxylic acids is 1. The molecule has 1 aliphatic heterocycles. The summed E-state index contributed by atoms with van der Waals surface area (Å²) in [6.45, 7) is 5.64. The van der Waals surface area contributed by atoms with Crippen molar-refractivity contribution in [2.24, 2.45) is 0 Å². The number of rotatable bonds is 5. The lowest BCUT2D eigenvalue weighted by molar-refractivity contribution is -0.192. The highest BCUT2D eigenvalue weighted by Crippen LogP contribution is 2.25. The Kier molecular flexibility index (Phi) is 7.40. The Morgan fingerprint density at radius 2 is 1.94 bits per heavy atom. The predicted molar refractivity (Wildman–Crippen MR) is 115 cm³/mol. The van der Waals surface area contributed by atoms with Crippen molar-refractivity contribution >= 4 is 11.9 Å². The van der Waals surface area contributed by atoms with Crippen LogP contribution in [0.5, 0.6) is 0 Å². The van der Waals surface area contributed by atoms with Crippen LogP contribution in [0, 0.1) is 13.8 Å². The normalized spacial score (nSPS) is 15.3. The number of carbonyl (C=O) groups is 2. The molecule has 1 atom stereocenters. The van der Waals surface area contributed by atoms with E-state index >= 15 is 0 Å². The fourth-order valence-electron chi connectivity index (χ4n) is 3.69. The molecule has 0 fully saturated rings. The third kappa shape index (κ3) is 5.81. The molecular formula is C22H24F3N5O4. The maximum absolute atomic E-state index is 11.2. The molecule has 3 N–H and O–H groups in total. The molecule has 0 spiro atoms. The molecule has 2 aromatic heterocycles. The number of hydrogen-bond acceptors (Lipinski definition) is 5. The first-order valence-electron chi connectivity index (χ1n) is 10.4. The average Bonchev–Trinajstić information content (AvgIpc) is 3.39. The fourth-order valence-corrected chi connectivity index (χ4v) is 3.69. The second-order valence-electron chi connectivity index (χ2n) is 7.82. The quantitative estimate of drug-likeness (QED) is 0.511. The van der Waals surface area contributed by atoms with Gasteiger partial charge in [-0.15, -0.1) is 0 Å². The summed E-state index contributed by atoms with van der Waals surface area (Å²) in [6, 6.07) is 6.47. The number of fused-ring (bicyclic) bond motifs is 1. The molecule has 182 valence electrons. The van der Waals surface area contributed by atoms with Gasteiger partial charge >= 0.3 is 18.1 Å². The zero-order valence-corrected chi connectivity index (χ0v) is 18.5. The summed E-state index contributed by atoms with van der Waals surface area (Å²) in [6.07, 6.45) is 2.29. The molecule has 0 aliphatic carbocycles. The Morgan fingerprint density at radius 3 is 2.50 bits per heavy atom. The summed E-state index contributed by atoms with van der Waals surface area (Å²) < 4.78 is 35.8. The SMILES string of the molecule is Cc1cc(-n2ccnc2C)ccc1CNC1CCCn2cc(C(=O)O)nc21.O=C(O)C(F)(F)F. The van der Waals surface area contributed by atoms with Gasteiger partial charge in [0.2, 0.25) is 0 Å². The van der Waals surface area contributed by atoms with Gasteiger partial charge in [0.25, 0.3) is 0 Å². The molecule has 0 bridgehead atoms. The van der Waals surface area contributed by atoms with Crippen LogP contribution in [-0.4, -0.2) is 47.4 Å². The van der Waals surface area contributed by atoms with Crippen LogP contribution in [0.25, 0.3) is 5.69 Å². The Labute approximate surface area is 192 Å². The van der Waals surface area contributed by atoms with Gasteiger partial charge in [-0.25, -0.2) is 19.6 Å². The van der Waals surface area contributed by atoms with Crippen LogP contribution in [0.1, 0.15) is 52.1 Å². The van der Waals surface area contributed by atoms with Crippen molar-refractivity contribution in [3.8, 4) is 5.69 Å². The summed E-state index contributed by atoms with van der Waals surface area (Å²) in [5.41, 5.74) is 3.65. The van der Waals surface area contributed by atoms with E-state index < -0.39 is 18.1 Å². The van der Waals surface area contributed by atoms with Crippen molar-refractivity contribution < 1.29 is 33.0 Å². The zero-order chi connectivity index (χ0) is 25.0. The van der Waals surface area contributed by atoms with E-state index in [2.05, 4.69) is 45.0 Å². The minimum absolute atomic E-state index is 0.0711. The summed E-state index contributed by atoms with van der Waals surface area (Å²) >= 11 is 0. The first-order valence-corrected chi connectivity index (χ1v) is 10.4. The molecule has 34 heavy (non-hydrogen) atoms. The zero-order valence-electron chi connectivity index (χ0n) is 18.5. The number of aryl methyl sites for hydroxylation is 3. The topological polar surface area (TPSA) is 122 Å². The maximum atomic E-state index is 11.2. The van der Waals surface area contributed by atoms with Crippen LogP contribution in [0.2, 0.25) is 0 Å². The van der Waals surface area contributed by atoms with Gasteiger partial charge < -0.3 is 24.7 Å². The van der Waals surface area contributed by atoms with E-state index in [9.17, 15) is 23.1 Å². The van der Waals surface area contributed by atoms with Crippen molar-refractivity contribution in [1.82, 2.24) is 24.4 Å². The molecule has 9 nitrogen and oxygen atoms in total. The van der Waals surface area contributed by atoms with Crippen molar-refractivity contribution in [3.63, 3.8) is 0 Å². The number of carboxylic acids is 2. The lowest BCUT2D eigenvalue weighted by Crippen LogP contribution is -2.28. The van der Waals surface area contributed by atoms with Crippen molar-refractivity contribution in [2.45, 2.75) is 52.0 Å². The van der Waals surface area contributed by atoms with Gasteiger partial charge in [0.05, 0.1) is 6.04 Å². The van der Waals surface area contributed by atoms with Crippen molar-refractivity contribution in [2.75, 3.05) is 0 Å². The molecule has 4 rings (SSSR count). The first kappa shape index (κ1) is 25.0. The lowest BCUT2D eigenvalue weighted by atomic mass is 10.0. The number of hydrogen-bond donors (Lipinski definition) is 3. The Hall–Kier alpha value is -3.67. The smallest absolute Gasteiger partial charge is 0.476 e. The number of nitrogens with zero attached hydrogens (tertiary/aromatic N) is 4. The van der Waals surface area contributed by atoms with Gasteiger partial charge in [0, 0.05) is 37.4 Å². The van der Waals surface area contributed by atoms with Crippen LogP contribution in [0.3, 0.4) is 0 Å². The number of halogens is 3. The maximum Gasteiger partial charge on any atom is 0.490 e. The van der Waals surface area contributed by atoms with Gasteiger partial charge in [-0.05, 0) is 49.9 Å². The lowest BCUT2D eigenvalue weighted by Gasteiger charge is -2.24. The van der Waals surface area contributed by atoms with E-state index in [1.165, 1.54) is 11.1 Å². The summed E-state index contributed by atoms with van der Waals surface area (Å²) in [4.78, 5) is 28.7. The summed E-state index contributed by atoms with van der Waals surface area (Å²) in [5, 5.41) is 19.9. The number of alkyl halides is 3. The summed E-state index contributed by atoms with van der Waals surface area (Å²) in [5.74, 6) is -1.95. The Bertz CT molecular complexity index is 1190. The predicted octanol–water partition coefficient (Wildman–Crippen LogP) is 3.64. The standard InChI is InChI=1S/C20H23N5O2.C2HF3O2/c1-13-10-16(25-9-7-21-14(25)2)6-5-15(13)11-22-17-4-3-8-24-12-18(20(26)27)23-19(17)24;3-2(4,5)1(6)7/h5-7,9-10,12,17,22H,3-4,8,11H2,1-2H3,(H,26,27);(H,6,7). The molecule has 1 aromatic carbocycles. The van der Waals surface area contributed by atoms with Gasteiger partial charge in [0.15, 0.2) is 5.69 Å². The monoisotopic (exact) mass is 479 g/mol. The number of imidazole rings is 2. The first-order chi connectivity index (χ1) is 16.0. The number of aromatic nitrogens is 4. The number of carboxylic acid groups (broad SMARTS) is 2. The second kappa shape index (κ2) is 10.1. The van der Waals surface area contributed by atoms with Crippen LogP contribution < -0.4 is 5.32 Å². The van der Waals surface area contributed by atoms with Crippen LogP contribution in [-0.2, 0) is 17.9 Å². The van der Waals surface area contributed by atoms with Crippen LogP contribution in [0.4, 0.5) is 13.2 Å². The average molecular weight is 479 g/mol. The van der Waals surface area contributed by atoms with E-state index in [0.29, 0.717) is 0 Å². The molecule has 0 saturated carbocycles. The van der Waals surface area contributed by atoms with Crippen molar-refractivity contribution in [3.05, 3.63) is 65.3 Å². The molecule has 3 aromatic rings. The molecule has 0 amide bonds.